The maximum atomic E-state index is 10.3. The highest BCUT2D eigenvalue weighted by atomic mass is 15.0. The third kappa shape index (κ3) is 7.74. The van der Waals surface area contributed by atoms with Gasteiger partial charge in [0, 0.05) is 54.9 Å². The fourth-order valence-corrected chi connectivity index (χ4v) is 10.7. The van der Waals surface area contributed by atoms with E-state index < -0.39 is 0 Å². The van der Waals surface area contributed by atoms with Gasteiger partial charge in [-0.05, 0) is 101 Å². The molecule has 0 bridgehead atoms. The minimum absolute atomic E-state index is 0.399. The Morgan fingerprint density at radius 3 is 1.44 bits per heavy atom. The highest BCUT2D eigenvalue weighted by molar-refractivity contribution is 6.13. The topological polar surface area (TPSA) is 109 Å². The largest absolute Gasteiger partial charge is 0.309 e. The van der Waals surface area contributed by atoms with Crippen molar-refractivity contribution < 1.29 is 0 Å². The lowest BCUT2D eigenvalue weighted by atomic mass is 9.97. The molecule has 0 radical (unpaired) electrons. The standard InChI is InChI=1S/C68H36N10/c1-71-49-26-30-51(48(35-49)41-70)45-24-31-63-56(36-45)54-19-11-13-21-61(54)78(63)65-38-47(68-75-66(43-14-6-4-7-15-43)74-67(76-68)44-16-8-5-9-17-44)23-29-55(65)58-39-50(72-2)27-33-64(58)77-60-20-12-10-18-53(60)57-37-46(25-32-62(57)77)52-28-22-42(40-69)34-59(52)73-3/h4-39H. The Morgan fingerprint density at radius 1 is 0.346 bits per heavy atom. The SMILES string of the molecule is [C-]#[N+]c1ccc(-c2ccc3c(c2)c2ccccc2n3-c2cc(-c3nc(-c4ccccc4)nc(-c4ccccc4)n3)ccc2-c2cc([N+]#[C-])ccc2-n2c3ccccc3c3cc(-c4ccc(C#N)cc4[N+]#[C-])ccc32)c(C#N)c1. The summed E-state index contributed by atoms with van der Waals surface area (Å²) in [6.45, 7) is 24.0. The average Bonchev–Trinajstić information content (AvgIpc) is 4.19. The summed E-state index contributed by atoms with van der Waals surface area (Å²) >= 11 is 0. The number of para-hydroxylation sites is 2. The van der Waals surface area contributed by atoms with E-state index in [9.17, 15) is 10.5 Å². The molecule has 0 aliphatic heterocycles. The molecule has 10 aromatic carbocycles. The molecule has 13 rings (SSSR count). The summed E-state index contributed by atoms with van der Waals surface area (Å²) in [4.78, 5) is 26.7. The fourth-order valence-electron chi connectivity index (χ4n) is 10.7. The molecule has 10 heteroatoms. The number of hydrogen-bond donors (Lipinski definition) is 0. The van der Waals surface area contributed by atoms with E-state index in [-0.39, 0.29) is 0 Å². The molecule has 0 aliphatic rings. The maximum Gasteiger partial charge on any atom is 0.196 e. The van der Waals surface area contributed by atoms with Gasteiger partial charge in [-0.25, -0.2) is 29.5 Å². The molecule has 13 aromatic rings. The van der Waals surface area contributed by atoms with E-state index in [4.69, 9.17) is 34.7 Å². The summed E-state index contributed by atoms with van der Waals surface area (Å²) in [6.07, 6.45) is 0. The van der Waals surface area contributed by atoms with Gasteiger partial charge in [-0.1, -0.05) is 146 Å². The van der Waals surface area contributed by atoms with E-state index in [0.717, 1.165) is 105 Å². The summed E-state index contributed by atoms with van der Waals surface area (Å²) in [6, 6.07) is 75.8. The van der Waals surface area contributed by atoms with Crippen molar-refractivity contribution in [2.24, 2.45) is 0 Å². The van der Waals surface area contributed by atoms with Gasteiger partial charge >= 0.3 is 0 Å². The molecule has 0 unspecified atom stereocenters. The summed E-state index contributed by atoms with van der Waals surface area (Å²) in [5, 5.41) is 23.8. The molecular formula is C68H36N10. The van der Waals surface area contributed by atoms with E-state index in [0.29, 0.717) is 45.7 Å². The normalized spacial score (nSPS) is 11.0. The molecule has 0 fully saturated rings. The Kier molecular flexibility index (Phi) is 11.2. The first kappa shape index (κ1) is 46.1. The third-order valence-corrected chi connectivity index (χ3v) is 14.3. The van der Waals surface area contributed by atoms with Crippen LogP contribution in [0.2, 0.25) is 0 Å². The first-order chi connectivity index (χ1) is 38.4. The van der Waals surface area contributed by atoms with Gasteiger partial charge in [-0.15, -0.1) is 0 Å². The van der Waals surface area contributed by atoms with Gasteiger partial charge < -0.3 is 9.13 Å². The lowest BCUT2D eigenvalue weighted by molar-refractivity contribution is 1.07. The van der Waals surface area contributed by atoms with E-state index >= 15 is 0 Å². The first-order valence-corrected chi connectivity index (χ1v) is 24.9. The Hall–Kier alpha value is -11.7. The molecule has 0 saturated carbocycles. The van der Waals surface area contributed by atoms with E-state index in [2.05, 4.69) is 96.5 Å². The van der Waals surface area contributed by atoms with Crippen LogP contribution in [0, 0.1) is 42.4 Å². The van der Waals surface area contributed by atoms with Crippen molar-refractivity contribution in [2.75, 3.05) is 0 Å². The highest BCUT2D eigenvalue weighted by Gasteiger charge is 2.24. The summed E-state index contributed by atoms with van der Waals surface area (Å²) in [5.74, 6) is 1.53. The minimum atomic E-state index is 0.399. The van der Waals surface area contributed by atoms with Crippen LogP contribution in [-0.4, -0.2) is 24.1 Å². The van der Waals surface area contributed by atoms with Crippen molar-refractivity contribution in [3.63, 3.8) is 0 Å². The molecule has 10 nitrogen and oxygen atoms in total. The van der Waals surface area contributed by atoms with Gasteiger partial charge in [-0.2, -0.15) is 10.5 Å². The summed E-state index contributed by atoms with van der Waals surface area (Å²) < 4.78 is 4.51. The number of rotatable bonds is 8. The van der Waals surface area contributed by atoms with Gasteiger partial charge in [-0.3, -0.25) is 0 Å². The van der Waals surface area contributed by atoms with Crippen LogP contribution in [-0.2, 0) is 0 Å². The van der Waals surface area contributed by atoms with Crippen LogP contribution < -0.4 is 0 Å². The predicted molar refractivity (Wildman–Crippen MR) is 309 cm³/mol. The monoisotopic (exact) mass is 992 g/mol. The van der Waals surface area contributed by atoms with Gasteiger partial charge in [0.25, 0.3) is 0 Å². The number of fused-ring (bicyclic) bond motifs is 6. The second-order valence-corrected chi connectivity index (χ2v) is 18.7. The van der Waals surface area contributed by atoms with E-state index in [1.165, 1.54) is 0 Å². The summed E-state index contributed by atoms with van der Waals surface area (Å²) in [5.41, 5.74) is 14.6. The molecule has 0 saturated heterocycles. The fraction of sp³-hybridized carbons (Fsp3) is 0. The molecule has 358 valence electrons. The quantitative estimate of drug-likeness (QED) is 0.141. The second kappa shape index (κ2) is 18.9. The smallest absolute Gasteiger partial charge is 0.196 e. The van der Waals surface area contributed by atoms with Crippen LogP contribution in [0.25, 0.3) is 137 Å². The molecule has 0 aliphatic carbocycles. The van der Waals surface area contributed by atoms with Crippen LogP contribution in [0.3, 0.4) is 0 Å². The third-order valence-electron chi connectivity index (χ3n) is 14.3. The Labute approximate surface area is 448 Å². The lowest BCUT2D eigenvalue weighted by Gasteiger charge is -2.20. The number of hydrogen-bond acceptors (Lipinski definition) is 5. The van der Waals surface area contributed by atoms with E-state index in [1.54, 1.807) is 24.3 Å². The van der Waals surface area contributed by atoms with Gasteiger partial charge in [0.2, 0.25) is 0 Å². The minimum Gasteiger partial charge on any atom is -0.309 e. The summed E-state index contributed by atoms with van der Waals surface area (Å²) in [7, 11) is 0. The highest BCUT2D eigenvalue weighted by Crippen LogP contribution is 2.45. The first-order valence-electron chi connectivity index (χ1n) is 24.9. The van der Waals surface area contributed by atoms with Crippen molar-refractivity contribution in [2.45, 2.75) is 0 Å². The molecular weight excluding hydrogens is 957 g/mol. The molecule has 0 N–H and O–H groups in total. The van der Waals surface area contributed by atoms with Crippen LogP contribution in [0.1, 0.15) is 11.1 Å². The molecule has 0 amide bonds. The number of aromatic nitrogens is 5. The van der Waals surface area contributed by atoms with Crippen LogP contribution >= 0.6 is 0 Å². The Morgan fingerprint density at radius 2 is 0.846 bits per heavy atom. The zero-order valence-corrected chi connectivity index (χ0v) is 41.3. The predicted octanol–water partition coefficient (Wildman–Crippen LogP) is 17.5. The van der Waals surface area contributed by atoms with Gasteiger partial charge in [0.1, 0.15) is 0 Å². The van der Waals surface area contributed by atoms with Gasteiger partial charge in [0.05, 0.1) is 65.3 Å². The lowest BCUT2D eigenvalue weighted by Crippen LogP contribution is -2.04. The number of nitriles is 2. The Bertz CT molecular complexity index is 4800. The average molecular weight is 993 g/mol. The number of benzene rings is 10. The molecule has 3 heterocycles. The Balaban J connectivity index is 1.09. The molecule has 3 aromatic heterocycles. The molecule has 0 spiro atoms. The van der Waals surface area contributed by atoms with Gasteiger partial charge in [0.15, 0.2) is 34.5 Å². The van der Waals surface area contributed by atoms with Crippen molar-refractivity contribution >= 4 is 60.7 Å². The zero-order chi connectivity index (χ0) is 52.9. The van der Waals surface area contributed by atoms with Crippen LogP contribution in [0.4, 0.5) is 17.1 Å². The molecule has 0 atom stereocenters. The van der Waals surface area contributed by atoms with Crippen LogP contribution in [0.5, 0.6) is 0 Å². The zero-order valence-electron chi connectivity index (χ0n) is 41.3. The van der Waals surface area contributed by atoms with Crippen molar-refractivity contribution in [1.29, 1.82) is 10.5 Å². The molecule has 78 heavy (non-hydrogen) atoms. The van der Waals surface area contributed by atoms with Crippen molar-refractivity contribution in [1.82, 2.24) is 24.1 Å². The van der Waals surface area contributed by atoms with E-state index in [1.807, 2.05) is 133 Å². The second-order valence-electron chi connectivity index (χ2n) is 18.7. The van der Waals surface area contributed by atoms with Crippen LogP contribution in [0.15, 0.2) is 218 Å². The number of nitrogens with zero attached hydrogens (tertiary/aromatic N) is 10. The maximum absolute atomic E-state index is 10.3. The van der Waals surface area contributed by atoms with Crippen molar-refractivity contribution in [3.05, 3.63) is 264 Å². The van der Waals surface area contributed by atoms with Crippen molar-refractivity contribution in [3.8, 4) is 91.1 Å².